The fourth-order valence-corrected chi connectivity index (χ4v) is 3.41. The highest BCUT2D eigenvalue weighted by Gasteiger charge is 2.36. The number of aromatic nitrogens is 2. The van der Waals surface area contributed by atoms with Gasteiger partial charge < -0.3 is 15.0 Å². The van der Waals surface area contributed by atoms with Gasteiger partial charge in [-0.05, 0) is 12.8 Å². The van der Waals surface area contributed by atoms with Crippen LogP contribution in [0.1, 0.15) is 55.6 Å². The van der Waals surface area contributed by atoms with Crippen molar-refractivity contribution in [2.75, 3.05) is 13.7 Å². The average molecular weight is 277 g/mol. The summed E-state index contributed by atoms with van der Waals surface area (Å²) in [6, 6.07) is 0. The molecule has 2 heterocycles. The third kappa shape index (κ3) is 2.40. The van der Waals surface area contributed by atoms with Crippen molar-refractivity contribution >= 4 is 0 Å². The van der Waals surface area contributed by atoms with E-state index >= 15 is 0 Å². The van der Waals surface area contributed by atoms with Crippen LogP contribution in [0.5, 0.6) is 0 Å². The third-order valence-corrected chi connectivity index (χ3v) is 4.68. The first kappa shape index (κ1) is 13.8. The van der Waals surface area contributed by atoms with Crippen LogP contribution in [0.15, 0.2) is 4.79 Å². The molecule has 2 N–H and O–H groups in total. The maximum Gasteiger partial charge on any atom is 0.255 e. The van der Waals surface area contributed by atoms with Crippen LogP contribution in [-0.2, 0) is 23.3 Å². The van der Waals surface area contributed by atoms with E-state index < -0.39 is 5.60 Å². The molecular formula is C15H23N3O2. The topological polar surface area (TPSA) is 67.0 Å². The molecule has 1 aromatic rings. The van der Waals surface area contributed by atoms with Gasteiger partial charge in [0.05, 0.1) is 11.3 Å². The molecule has 3 rings (SSSR count). The maximum atomic E-state index is 12.3. The van der Waals surface area contributed by atoms with Gasteiger partial charge in [-0.25, -0.2) is 4.98 Å². The van der Waals surface area contributed by atoms with Crippen molar-refractivity contribution in [3.63, 3.8) is 0 Å². The summed E-state index contributed by atoms with van der Waals surface area (Å²) in [5.74, 6) is 0.743. The van der Waals surface area contributed by atoms with Crippen molar-refractivity contribution in [2.45, 2.75) is 57.1 Å². The van der Waals surface area contributed by atoms with Crippen molar-refractivity contribution in [1.29, 1.82) is 0 Å². The minimum absolute atomic E-state index is 0.00197. The molecule has 2 aliphatic rings. The first-order chi connectivity index (χ1) is 9.75. The van der Waals surface area contributed by atoms with Crippen molar-refractivity contribution in [3.05, 3.63) is 27.4 Å². The van der Waals surface area contributed by atoms with Crippen LogP contribution in [0.25, 0.3) is 0 Å². The van der Waals surface area contributed by atoms with Crippen LogP contribution in [-0.4, -0.2) is 23.6 Å². The average Bonchev–Trinajstić information content (AvgIpc) is 2.73. The van der Waals surface area contributed by atoms with E-state index in [9.17, 15) is 4.79 Å². The highest BCUT2D eigenvalue weighted by atomic mass is 16.5. The zero-order chi connectivity index (χ0) is 14.0. The number of nitrogens with one attached hydrogen (secondary N) is 2. The molecule has 0 spiro atoms. The standard InChI is InChI=1S/C15H23N3O2/c1-20-15(7-4-2-3-5-8-15)14-17-12-6-9-16-10-11(12)13(19)18-14/h16H,2-10H2,1H3,(H,17,18,19). The minimum atomic E-state index is -0.393. The number of methoxy groups -OCH3 is 1. The van der Waals surface area contributed by atoms with Gasteiger partial charge in [-0.1, -0.05) is 25.7 Å². The Bertz CT molecular complexity index is 530. The summed E-state index contributed by atoms with van der Waals surface area (Å²) in [5.41, 5.74) is 1.34. The van der Waals surface area contributed by atoms with Crippen LogP contribution in [0.3, 0.4) is 0 Å². The maximum absolute atomic E-state index is 12.3. The zero-order valence-corrected chi connectivity index (χ0v) is 12.1. The molecule has 5 heteroatoms. The Balaban J connectivity index is 2.03. The molecule has 0 aromatic carbocycles. The Hall–Kier alpha value is -1.20. The molecule has 1 aliphatic heterocycles. The van der Waals surface area contributed by atoms with Gasteiger partial charge in [0.15, 0.2) is 0 Å². The van der Waals surface area contributed by atoms with Gasteiger partial charge >= 0.3 is 0 Å². The Kier molecular flexibility index (Phi) is 3.89. The number of fused-ring (bicyclic) bond motifs is 1. The van der Waals surface area contributed by atoms with Gasteiger partial charge in [-0.3, -0.25) is 4.79 Å². The molecular weight excluding hydrogens is 254 g/mol. The first-order valence-electron chi connectivity index (χ1n) is 7.64. The van der Waals surface area contributed by atoms with Gasteiger partial charge in [0.1, 0.15) is 11.4 Å². The molecule has 0 saturated heterocycles. The first-order valence-corrected chi connectivity index (χ1v) is 7.64. The molecule has 20 heavy (non-hydrogen) atoms. The van der Waals surface area contributed by atoms with Crippen LogP contribution >= 0.6 is 0 Å². The lowest BCUT2D eigenvalue weighted by Crippen LogP contribution is -2.37. The lowest BCUT2D eigenvalue weighted by Gasteiger charge is -2.31. The second-order valence-electron chi connectivity index (χ2n) is 5.88. The molecule has 1 fully saturated rings. The molecule has 0 bridgehead atoms. The summed E-state index contributed by atoms with van der Waals surface area (Å²) in [7, 11) is 1.74. The summed E-state index contributed by atoms with van der Waals surface area (Å²) >= 11 is 0. The Morgan fingerprint density at radius 3 is 2.65 bits per heavy atom. The van der Waals surface area contributed by atoms with E-state index in [0.29, 0.717) is 6.54 Å². The van der Waals surface area contributed by atoms with Crippen LogP contribution in [0.4, 0.5) is 0 Å². The monoisotopic (exact) mass is 277 g/mol. The van der Waals surface area contributed by atoms with Crippen LogP contribution in [0, 0.1) is 0 Å². The van der Waals surface area contributed by atoms with Crippen molar-refractivity contribution in [3.8, 4) is 0 Å². The van der Waals surface area contributed by atoms with Gasteiger partial charge in [0.2, 0.25) is 0 Å². The molecule has 1 saturated carbocycles. The lowest BCUT2D eigenvalue weighted by molar-refractivity contribution is -0.0355. The van der Waals surface area contributed by atoms with E-state index in [4.69, 9.17) is 9.72 Å². The predicted octanol–water partition coefficient (Wildman–Crippen LogP) is 1.61. The molecule has 110 valence electrons. The molecule has 1 aromatic heterocycles. The molecule has 0 radical (unpaired) electrons. The van der Waals surface area contributed by atoms with E-state index in [2.05, 4.69) is 10.3 Å². The van der Waals surface area contributed by atoms with E-state index in [1.54, 1.807) is 7.11 Å². The Labute approximate surface area is 119 Å². The smallest absolute Gasteiger partial charge is 0.255 e. The van der Waals surface area contributed by atoms with Gasteiger partial charge in [0, 0.05) is 26.6 Å². The summed E-state index contributed by atoms with van der Waals surface area (Å²) in [4.78, 5) is 20.0. The summed E-state index contributed by atoms with van der Waals surface area (Å²) in [6.07, 6.45) is 7.47. The summed E-state index contributed by atoms with van der Waals surface area (Å²) in [5, 5.41) is 3.22. The van der Waals surface area contributed by atoms with E-state index in [1.807, 2.05) is 0 Å². The Morgan fingerprint density at radius 1 is 1.20 bits per heavy atom. The normalized spacial score (nSPS) is 22.1. The van der Waals surface area contributed by atoms with Crippen molar-refractivity contribution in [2.24, 2.45) is 0 Å². The van der Waals surface area contributed by atoms with Gasteiger partial charge in [-0.2, -0.15) is 0 Å². The number of ether oxygens (including phenoxy) is 1. The zero-order valence-electron chi connectivity index (χ0n) is 12.1. The quantitative estimate of drug-likeness (QED) is 0.806. The van der Waals surface area contributed by atoms with Crippen LogP contribution in [0.2, 0.25) is 0 Å². The fourth-order valence-electron chi connectivity index (χ4n) is 3.41. The molecule has 0 atom stereocenters. The minimum Gasteiger partial charge on any atom is -0.370 e. The van der Waals surface area contributed by atoms with Gasteiger partial charge in [0.25, 0.3) is 5.56 Å². The fraction of sp³-hybridized carbons (Fsp3) is 0.733. The Morgan fingerprint density at radius 2 is 1.95 bits per heavy atom. The second-order valence-corrected chi connectivity index (χ2v) is 5.88. The highest BCUT2D eigenvalue weighted by Crippen LogP contribution is 2.37. The number of nitrogens with zero attached hydrogens (tertiary/aromatic N) is 1. The molecule has 0 amide bonds. The molecule has 5 nitrogen and oxygen atoms in total. The van der Waals surface area contributed by atoms with E-state index in [-0.39, 0.29) is 5.56 Å². The predicted molar refractivity (Wildman–Crippen MR) is 76.7 cm³/mol. The number of aromatic amines is 1. The van der Waals surface area contributed by atoms with Crippen molar-refractivity contribution < 1.29 is 4.74 Å². The van der Waals surface area contributed by atoms with Crippen molar-refractivity contribution in [1.82, 2.24) is 15.3 Å². The summed E-state index contributed by atoms with van der Waals surface area (Å²) < 4.78 is 5.84. The molecule has 1 aliphatic carbocycles. The number of hydrogen-bond acceptors (Lipinski definition) is 4. The largest absolute Gasteiger partial charge is 0.370 e. The number of H-pyrrole nitrogens is 1. The SMILES string of the molecule is COC1(c2nc3c(c(=O)[nH]2)CNCC3)CCCCCC1. The molecule has 0 unspecified atom stereocenters. The van der Waals surface area contributed by atoms with E-state index in [0.717, 1.165) is 55.7 Å². The second kappa shape index (κ2) is 5.66. The van der Waals surface area contributed by atoms with Gasteiger partial charge in [-0.15, -0.1) is 0 Å². The van der Waals surface area contributed by atoms with Crippen LogP contribution < -0.4 is 10.9 Å². The van der Waals surface area contributed by atoms with E-state index in [1.165, 1.54) is 12.8 Å². The number of rotatable bonds is 2. The lowest BCUT2D eigenvalue weighted by atomic mass is 9.92. The highest BCUT2D eigenvalue weighted by molar-refractivity contribution is 5.22. The summed E-state index contributed by atoms with van der Waals surface area (Å²) in [6.45, 7) is 1.51. The third-order valence-electron chi connectivity index (χ3n) is 4.68. The number of hydrogen-bond donors (Lipinski definition) is 2.